The Morgan fingerprint density at radius 2 is 2.11 bits per heavy atom. The van der Waals surface area contributed by atoms with E-state index in [1.54, 1.807) is 38.4 Å². The van der Waals surface area contributed by atoms with Gasteiger partial charge in [0.15, 0.2) is 0 Å². The van der Waals surface area contributed by atoms with Crippen molar-refractivity contribution in [1.82, 2.24) is 14.3 Å². The maximum absolute atomic E-state index is 13.1. The van der Waals surface area contributed by atoms with Crippen LogP contribution >= 0.6 is 0 Å². The largest absolute Gasteiger partial charge is 0.497 e. The number of benzene rings is 1. The lowest BCUT2D eigenvalue weighted by atomic mass is 10.0. The van der Waals surface area contributed by atoms with Crippen molar-refractivity contribution in [2.75, 3.05) is 20.2 Å². The number of ether oxygens (including phenoxy) is 1. The highest BCUT2D eigenvalue weighted by Crippen LogP contribution is 2.31. The van der Waals surface area contributed by atoms with E-state index in [-0.39, 0.29) is 0 Å². The molecule has 140 valence electrons. The van der Waals surface area contributed by atoms with Crippen molar-refractivity contribution in [3.8, 4) is 5.75 Å². The van der Waals surface area contributed by atoms with Crippen molar-refractivity contribution in [2.24, 2.45) is 0 Å². The number of hydrogen-bond donors (Lipinski definition) is 1. The smallest absolute Gasteiger partial charge is 0.243 e. The van der Waals surface area contributed by atoms with Crippen LogP contribution in [0.4, 0.5) is 0 Å². The average molecular weight is 383 g/mol. The molecular formula is C20H21N3O3S. The van der Waals surface area contributed by atoms with Gasteiger partial charge in [0.25, 0.3) is 0 Å². The third kappa shape index (κ3) is 3.13. The first-order chi connectivity index (χ1) is 13.0. The minimum atomic E-state index is -3.54. The summed E-state index contributed by atoms with van der Waals surface area (Å²) >= 11 is 0. The molecular weight excluding hydrogens is 362 g/mol. The first kappa shape index (κ1) is 17.8. The number of fused-ring (bicyclic) bond motifs is 1. The number of rotatable bonds is 4. The number of methoxy groups -OCH3 is 1. The van der Waals surface area contributed by atoms with Gasteiger partial charge < -0.3 is 9.72 Å². The van der Waals surface area contributed by atoms with Crippen LogP contribution in [0.3, 0.4) is 0 Å². The molecule has 0 spiro atoms. The molecule has 27 heavy (non-hydrogen) atoms. The van der Waals surface area contributed by atoms with Crippen LogP contribution in [0.25, 0.3) is 16.6 Å². The Morgan fingerprint density at radius 3 is 2.81 bits per heavy atom. The number of nitrogens with zero attached hydrogens (tertiary/aromatic N) is 2. The molecule has 3 heterocycles. The Hall–Kier alpha value is -2.64. The second-order valence-electron chi connectivity index (χ2n) is 6.58. The average Bonchev–Trinajstić information content (AvgIpc) is 3.12. The van der Waals surface area contributed by atoms with Crippen LogP contribution in [-0.2, 0) is 10.0 Å². The summed E-state index contributed by atoms with van der Waals surface area (Å²) in [5.41, 5.74) is 3.77. The molecule has 2 aromatic heterocycles. The van der Waals surface area contributed by atoms with E-state index >= 15 is 0 Å². The zero-order valence-electron chi connectivity index (χ0n) is 15.3. The molecule has 0 unspecified atom stereocenters. The van der Waals surface area contributed by atoms with Crippen LogP contribution in [0.1, 0.15) is 17.5 Å². The molecule has 6 nitrogen and oxygen atoms in total. The standard InChI is InChI=1S/C20H21N3O3S/c1-14-12-16(26-2)5-6-19(14)27(24,25)23-10-7-15(8-11-23)18-13-22-20-17(18)4-3-9-21-20/h3-7,9,12-13H,8,10-11H2,1-2H3,(H,21,22). The highest BCUT2D eigenvalue weighted by molar-refractivity contribution is 7.89. The van der Waals surface area contributed by atoms with Gasteiger partial charge in [-0.1, -0.05) is 6.08 Å². The van der Waals surface area contributed by atoms with Gasteiger partial charge in [-0.3, -0.25) is 0 Å². The summed E-state index contributed by atoms with van der Waals surface area (Å²) in [5, 5.41) is 1.06. The minimum absolute atomic E-state index is 0.330. The maximum Gasteiger partial charge on any atom is 0.243 e. The predicted molar refractivity (Wildman–Crippen MR) is 105 cm³/mol. The summed E-state index contributed by atoms with van der Waals surface area (Å²) in [5.74, 6) is 0.653. The quantitative estimate of drug-likeness (QED) is 0.750. The Labute approximate surface area is 158 Å². The van der Waals surface area contributed by atoms with Gasteiger partial charge in [-0.15, -0.1) is 0 Å². The van der Waals surface area contributed by atoms with Gasteiger partial charge >= 0.3 is 0 Å². The van der Waals surface area contributed by atoms with E-state index in [1.165, 1.54) is 4.31 Å². The number of H-pyrrole nitrogens is 1. The first-order valence-corrected chi connectivity index (χ1v) is 10.2. The van der Waals surface area contributed by atoms with Crippen molar-refractivity contribution in [3.63, 3.8) is 0 Å². The number of nitrogens with one attached hydrogen (secondary N) is 1. The molecule has 1 N–H and O–H groups in total. The lowest BCUT2D eigenvalue weighted by Crippen LogP contribution is -2.35. The van der Waals surface area contributed by atoms with Gasteiger partial charge in [-0.25, -0.2) is 13.4 Å². The number of sulfonamides is 1. The van der Waals surface area contributed by atoms with Gasteiger partial charge in [0.2, 0.25) is 10.0 Å². The fraction of sp³-hybridized carbons (Fsp3) is 0.250. The Balaban J connectivity index is 1.61. The summed E-state index contributed by atoms with van der Waals surface area (Å²) in [4.78, 5) is 7.82. The van der Waals surface area contributed by atoms with E-state index < -0.39 is 10.0 Å². The van der Waals surface area contributed by atoms with E-state index in [2.05, 4.69) is 9.97 Å². The Bertz CT molecular complexity index is 1130. The SMILES string of the molecule is COc1ccc(S(=O)(=O)N2CC=C(c3c[nH]c4ncccc34)CC2)c(C)c1. The lowest BCUT2D eigenvalue weighted by Gasteiger charge is -2.26. The number of aryl methyl sites for hydroxylation is 1. The highest BCUT2D eigenvalue weighted by Gasteiger charge is 2.28. The van der Waals surface area contributed by atoms with E-state index in [4.69, 9.17) is 4.74 Å². The molecule has 0 amide bonds. The normalized spacial score (nSPS) is 15.7. The molecule has 0 radical (unpaired) electrons. The molecule has 0 aliphatic carbocycles. The second-order valence-corrected chi connectivity index (χ2v) is 8.48. The minimum Gasteiger partial charge on any atom is -0.497 e. The van der Waals surface area contributed by atoms with Gasteiger partial charge in [0.05, 0.1) is 12.0 Å². The summed E-state index contributed by atoms with van der Waals surface area (Å²) in [6, 6.07) is 8.99. The maximum atomic E-state index is 13.1. The third-order valence-electron chi connectivity index (χ3n) is 4.97. The fourth-order valence-electron chi connectivity index (χ4n) is 3.51. The van der Waals surface area contributed by atoms with Gasteiger partial charge in [-0.05, 0) is 54.8 Å². The Kier molecular flexibility index (Phi) is 4.49. The van der Waals surface area contributed by atoms with Crippen molar-refractivity contribution in [2.45, 2.75) is 18.2 Å². The molecule has 0 bridgehead atoms. The van der Waals surface area contributed by atoms with E-state index in [0.717, 1.165) is 22.2 Å². The van der Waals surface area contributed by atoms with Crippen LogP contribution in [0.5, 0.6) is 5.75 Å². The molecule has 3 aromatic rings. The van der Waals surface area contributed by atoms with Crippen LogP contribution in [0.2, 0.25) is 0 Å². The lowest BCUT2D eigenvalue weighted by molar-refractivity contribution is 0.413. The van der Waals surface area contributed by atoms with Crippen molar-refractivity contribution >= 4 is 26.6 Å². The van der Waals surface area contributed by atoms with Crippen molar-refractivity contribution < 1.29 is 13.2 Å². The first-order valence-electron chi connectivity index (χ1n) is 8.77. The van der Waals surface area contributed by atoms with E-state index in [9.17, 15) is 8.42 Å². The Morgan fingerprint density at radius 1 is 1.26 bits per heavy atom. The van der Waals surface area contributed by atoms with Crippen LogP contribution in [-0.4, -0.2) is 42.9 Å². The van der Waals surface area contributed by atoms with Crippen LogP contribution in [0, 0.1) is 6.92 Å². The molecule has 1 aliphatic heterocycles. The molecule has 4 rings (SSSR count). The van der Waals surface area contributed by atoms with E-state index in [0.29, 0.717) is 35.7 Å². The predicted octanol–water partition coefficient (Wildman–Crippen LogP) is 3.36. The van der Waals surface area contributed by atoms with Crippen molar-refractivity contribution in [3.05, 3.63) is 59.9 Å². The third-order valence-corrected chi connectivity index (χ3v) is 6.99. The summed E-state index contributed by atoms with van der Waals surface area (Å²) in [7, 11) is -1.97. The van der Waals surface area contributed by atoms with E-state index in [1.807, 2.05) is 24.4 Å². The van der Waals surface area contributed by atoms with Gasteiger partial charge in [0, 0.05) is 36.4 Å². The molecule has 0 atom stereocenters. The molecule has 0 saturated heterocycles. The van der Waals surface area contributed by atoms with Crippen molar-refractivity contribution in [1.29, 1.82) is 0 Å². The monoisotopic (exact) mass is 383 g/mol. The summed E-state index contributed by atoms with van der Waals surface area (Å²) in [6.45, 7) is 2.60. The highest BCUT2D eigenvalue weighted by atomic mass is 32.2. The zero-order chi connectivity index (χ0) is 19.0. The molecule has 0 fully saturated rings. The molecule has 0 saturated carbocycles. The summed E-state index contributed by atoms with van der Waals surface area (Å²) < 4.78 is 32.8. The topological polar surface area (TPSA) is 75.3 Å². The zero-order valence-corrected chi connectivity index (χ0v) is 16.1. The van der Waals surface area contributed by atoms with Gasteiger partial charge in [0.1, 0.15) is 11.4 Å². The molecule has 1 aliphatic rings. The fourth-order valence-corrected chi connectivity index (χ4v) is 5.10. The van der Waals surface area contributed by atoms with Crippen LogP contribution in [0.15, 0.2) is 53.7 Å². The second kappa shape index (κ2) is 6.83. The number of aromatic amines is 1. The van der Waals surface area contributed by atoms with Gasteiger partial charge in [-0.2, -0.15) is 4.31 Å². The van der Waals surface area contributed by atoms with Crippen LogP contribution < -0.4 is 4.74 Å². The number of pyridine rings is 1. The number of hydrogen-bond acceptors (Lipinski definition) is 4. The molecule has 1 aromatic carbocycles. The molecule has 7 heteroatoms. The number of aromatic nitrogens is 2. The summed E-state index contributed by atoms with van der Waals surface area (Å²) in [6.07, 6.45) is 6.36.